The van der Waals surface area contributed by atoms with Gasteiger partial charge in [-0.2, -0.15) is 0 Å². The molecule has 3 heterocycles. The Balaban J connectivity index is 1.72. The van der Waals surface area contributed by atoms with Crippen LogP contribution in [-0.4, -0.2) is 25.4 Å². The topological polar surface area (TPSA) is 98.7 Å². The van der Waals surface area contributed by atoms with Crippen LogP contribution in [0.1, 0.15) is 11.9 Å². The van der Waals surface area contributed by atoms with Crippen molar-refractivity contribution in [2.24, 2.45) is 7.05 Å². The molecule has 33 heavy (non-hydrogen) atoms. The molecule has 0 aliphatic heterocycles. The van der Waals surface area contributed by atoms with Gasteiger partial charge in [0.2, 0.25) is 0 Å². The molecule has 3 aromatic heterocycles. The zero-order valence-corrected chi connectivity index (χ0v) is 19.3. The van der Waals surface area contributed by atoms with Gasteiger partial charge >= 0.3 is 0 Å². The number of hydrogen-bond acceptors (Lipinski definition) is 6. The largest absolute Gasteiger partial charge is 0.383 e. The fourth-order valence-corrected chi connectivity index (χ4v) is 4.91. The lowest BCUT2D eigenvalue weighted by Crippen LogP contribution is -2.11. The Morgan fingerprint density at radius 1 is 1.12 bits per heavy atom. The molecule has 0 radical (unpaired) electrons. The molecule has 7 nitrogen and oxygen atoms in total. The van der Waals surface area contributed by atoms with Crippen molar-refractivity contribution in [3.63, 3.8) is 0 Å². The number of nitrogens with zero attached hydrogens (tertiary/aromatic N) is 4. The van der Waals surface area contributed by atoms with Crippen LogP contribution in [-0.2, 0) is 11.8 Å². The lowest BCUT2D eigenvalue weighted by atomic mass is 9.98. The Hall–Kier alpha value is -4.04. The van der Waals surface area contributed by atoms with Crippen molar-refractivity contribution in [1.82, 2.24) is 19.5 Å². The number of rotatable bonds is 4. The molecule has 0 saturated carbocycles. The molecule has 0 fully saturated rings. The van der Waals surface area contributed by atoms with E-state index in [9.17, 15) is 4.79 Å². The number of amides is 1. The van der Waals surface area contributed by atoms with Crippen molar-refractivity contribution in [1.29, 1.82) is 0 Å². The maximum Gasteiger partial charge on any atom is 0.250 e. The van der Waals surface area contributed by atoms with Gasteiger partial charge in [0.05, 0.1) is 26.3 Å². The highest BCUT2D eigenvalue weighted by atomic mass is 32.1. The Kier molecular flexibility index (Phi) is 4.94. The minimum Gasteiger partial charge on any atom is -0.383 e. The number of benzene rings is 2. The van der Waals surface area contributed by atoms with E-state index in [1.165, 1.54) is 6.33 Å². The third kappa shape index (κ3) is 3.54. The van der Waals surface area contributed by atoms with Crippen molar-refractivity contribution in [2.75, 3.05) is 11.1 Å². The summed E-state index contributed by atoms with van der Waals surface area (Å²) in [6.45, 7) is 7.37. The number of aromatic nitrogens is 4. The molecule has 8 heteroatoms. The summed E-state index contributed by atoms with van der Waals surface area (Å²) in [5.41, 5.74) is 13.2. The van der Waals surface area contributed by atoms with Gasteiger partial charge in [-0.05, 0) is 49.2 Å². The van der Waals surface area contributed by atoms with Crippen LogP contribution < -0.4 is 11.1 Å². The molecule has 1 amide bonds. The van der Waals surface area contributed by atoms with Crippen LogP contribution >= 0.6 is 11.3 Å². The molecule has 5 aromatic rings. The predicted molar refractivity (Wildman–Crippen MR) is 135 cm³/mol. The average molecular weight is 455 g/mol. The first-order valence-electron chi connectivity index (χ1n) is 10.4. The number of fused-ring (bicyclic) bond motifs is 2. The van der Waals surface area contributed by atoms with E-state index in [4.69, 9.17) is 5.73 Å². The fraction of sp³-hybridized carbons (Fsp3) is 0.120. The molecule has 164 valence electrons. The maximum absolute atomic E-state index is 12.0. The SMILES string of the molecule is C=C(C)C(=O)Nc1ccc(-c2c(-c3ccc4nc(C)sc4c3)c3c(N)ncnc3n2C)cc1. The first kappa shape index (κ1) is 20.8. The number of carbonyl (C=O) groups is 1. The van der Waals surface area contributed by atoms with E-state index in [-0.39, 0.29) is 5.91 Å². The van der Waals surface area contributed by atoms with Gasteiger partial charge in [-0.25, -0.2) is 15.0 Å². The average Bonchev–Trinajstić information content (AvgIpc) is 3.31. The first-order chi connectivity index (χ1) is 15.8. The van der Waals surface area contributed by atoms with Crippen LogP contribution in [0, 0.1) is 6.92 Å². The van der Waals surface area contributed by atoms with Crippen LogP contribution in [0.3, 0.4) is 0 Å². The first-order valence-corrected chi connectivity index (χ1v) is 11.2. The normalized spacial score (nSPS) is 11.2. The monoisotopic (exact) mass is 454 g/mol. The number of nitrogens with one attached hydrogen (secondary N) is 1. The summed E-state index contributed by atoms with van der Waals surface area (Å²) >= 11 is 1.66. The van der Waals surface area contributed by atoms with E-state index in [2.05, 4.69) is 39.0 Å². The minimum atomic E-state index is -0.204. The smallest absolute Gasteiger partial charge is 0.250 e. The van der Waals surface area contributed by atoms with E-state index in [0.717, 1.165) is 48.6 Å². The molecule has 5 rings (SSSR count). The van der Waals surface area contributed by atoms with E-state index >= 15 is 0 Å². The molecule has 0 saturated heterocycles. The number of nitrogen functional groups attached to an aromatic ring is 1. The van der Waals surface area contributed by atoms with E-state index < -0.39 is 0 Å². The number of anilines is 2. The van der Waals surface area contributed by atoms with Crippen LogP contribution in [0.5, 0.6) is 0 Å². The molecular weight excluding hydrogens is 432 g/mol. The highest BCUT2D eigenvalue weighted by Gasteiger charge is 2.22. The molecule has 2 aromatic carbocycles. The fourth-order valence-electron chi connectivity index (χ4n) is 4.04. The standard InChI is InChI=1S/C25H22N6OS/c1-13(2)25(32)30-17-8-5-15(6-9-17)22-20(21-23(26)27-12-28-24(21)31(22)4)16-7-10-18-19(11-16)33-14(3)29-18/h5-12H,1H2,2-4H3,(H,30,32)(H2,26,27,28). The molecule has 0 spiro atoms. The van der Waals surface area contributed by atoms with Gasteiger partial charge in [-0.1, -0.05) is 24.8 Å². The summed E-state index contributed by atoms with van der Waals surface area (Å²) in [4.78, 5) is 25.3. The van der Waals surface area contributed by atoms with Gasteiger partial charge in [0, 0.05) is 23.9 Å². The number of nitrogens with two attached hydrogens (primary N) is 1. The Morgan fingerprint density at radius 2 is 1.85 bits per heavy atom. The lowest BCUT2D eigenvalue weighted by Gasteiger charge is -2.11. The van der Waals surface area contributed by atoms with Gasteiger partial charge in [0.25, 0.3) is 5.91 Å². The minimum absolute atomic E-state index is 0.204. The van der Waals surface area contributed by atoms with Crippen LogP contribution in [0.4, 0.5) is 11.5 Å². The van der Waals surface area contributed by atoms with Gasteiger partial charge < -0.3 is 15.6 Å². The van der Waals surface area contributed by atoms with Crippen molar-refractivity contribution >= 4 is 50.0 Å². The zero-order chi connectivity index (χ0) is 23.3. The Morgan fingerprint density at radius 3 is 2.58 bits per heavy atom. The number of thiazole rings is 1. The zero-order valence-electron chi connectivity index (χ0n) is 18.5. The van der Waals surface area contributed by atoms with E-state index in [1.54, 1.807) is 18.3 Å². The molecule has 0 atom stereocenters. The van der Waals surface area contributed by atoms with Crippen LogP contribution in [0.15, 0.2) is 60.9 Å². The summed E-state index contributed by atoms with van der Waals surface area (Å²) in [6.07, 6.45) is 1.48. The summed E-state index contributed by atoms with van der Waals surface area (Å²) in [7, 11) is 1.97. The summed E-state index contributed by atoms with van der Waals surface area (Å²) in [5, 5.41) is 4.68. The summed E-state index contributed by atoms with van der Waals surface area (Å²) in [6, 6.07) is 14.0. The van der Waals surface area contributed by atoms with Crippen molar-refractivity contribution < 1.29 is 4.79 Å². The molecule has 0 unspecified atom stereocenters. The number of hydrogen-bond donors (Lipinski definition) is 2. The number of aryl methyl sites for hydroxylation is 2. The second kappa shape index (κ2) is 7.83. The highest BCUT2D eigenvalue weighted by molar-refractivity contribution is 7.18. The van der Waals surface area contributed by atoms with Gasteiger partial charge in [-0.15, -0.1) is 11.3 Å². The van der Waals surface area contributed by atoms with Crippen LogP contribution in [0.25, 0.3) is 43.6 Å². The van der Waals surface area contributed by atoms with Gasteiger partial charge in [-0.3, -0.25) is 4.79 Å². The molecule has 0 aliphatic rings. The quantitative estimate of drug-likeness (QED) is 0.358. The maximum atomic E-state index is 12.0. The van der Waals surface area contributed by atoms with Gasteiger partial charge in [0.1, 0.15) is 17.8 Å². The molecule has 0 aliphatic carbocycles. The lowest BCUT2D eigenvalue weighted by molar-refractivity contribution is -0.112. The number of carbonyl (C=O) groups excluding carboxylic acids is 1. The van der Waals surface area contributed by atoms with Crippen molar-refractivity contribution in [3.8, 4) is 22.4 Å². The van der Waals surface area contributed by atoms with Crippen molar-refractivity contribution in [2.45, 2.75) is 13.8 Å². The van der Waals surface area contributed by atoms with Crippen LogP contribution in [0.2, 0.25) is 0 Å². The Labute approximate surface area is 194 Å². The molecule has 0 bridgehead atoms. The second-order valence-electron chi connectivity index (χ2n) is 7.97. The van der Waals surface area contributed by atoms with Gasteiger partial charge in [0.15, 0.2) is 0 Å². The van der Waals surface area contributed by atoms with E-state index in [0.29, 0.717) is 17.1 Å². The molecule has 3 N–H and O–H groups in total. The van der Waals surface area contributed by atoms with E-state index in [1.807, 2.05) is 48.9 Å². The third-order valence-corrected chi connectivity index (χ3v) is 6.52. The second-order valence-corrected chi connectivity index (χ2v) is 9.20. The Bertz CT molecular complexity index is 1560. The van der Waals surface area contributed by atoms with Crippen molar-refractivity contribution in [3.05, 3.63) is 66.0 Å². The highest BCUT2D eigenvalue weighted by Crippen LogP contribution is 2.42. The predicted octanol–water partition coefficient (Wildman–Crippen LogP) is 5.32. The third-order valence-electron chi connectivity index (χ3n) is 5.58. The summed E-state index contributed by atoms with van der Waals surface area (Å²) in [5.74, 6) is 0.229. The summed E-state index contributed by atoms with van der Waals surface area (Å²) < 4.78 is 3.15. The molecular formula is C25H22N6OS.